The lowest BCUT2D eigenvalue weighted by atomic mass is 9.98. The average molecular weight is 416 g/mol. The predicted molar refractivity (Wildman–Crippen MR) is 109 cm³/mol. The summed E-state index contributed by atoms with van der Waals surface area (Å²) in [6.45, 7) is 6.88. The van der Waals surface area contributed by atoms with Crippen LogP contribution in [0.5, 0.6) is 0 Å². The molecule has 0 N–H and O–H groups in total. The number of rotatable bonds is 8. The number of nitro groups is 2. The van der Waals surface area contributed by atoms with Crippen LogP contribution in [-0.4, -0.2) is 27.2 Å². The molecule has 9 nitrogen and oxygen atoms in total. The van der Waals surface area contributed by atoms with E-state index in [2.05, 4.69) is 0 Å². The van der Waals surface area contributed by atoms with Crippen LogP contribution in [0.2, 0.25) is 0 Å². The van der Waals surface area contributed by atoms with Crippen LogP contribution in [0.25, 0.3) is 0 Å². The Morgan fingerprint density at radius 1 is 0.733 bits per heavy atom. The number of non-ortho nitro benzene ring substituents is 2. The zero-order valence-corrected chi connectivity index (χ0v) is 17.3. The van der Waals surface area contributed by atoms with Crippen molar-refractivity contribution < 1.29 is 24.1 Å². The molecule has 0 aliphatic heterocycles. The van der Waals surface area contributed by atoms with Crippen LogP contribution in [-0.2, 0) is 22.3 Å². The number of ether oxygens (including phenoxy) is 2. The van der Waals surface area contributed by atoms with Crippen LogP contribution in [0.1, 0.15) is 38.8 Å². The summed E-state index contributed by atoms with van der Waals surface area (Å²) in [7, 11) is 0. The molecule has 9 heteroatoms. The molecule has 0 aliphatic rings. The van der Waals surface area contributed by atoms with Gasteiger partial charge in [-0.15, -0.1) is 0 Å². The lowest BCUT2D eigenvalue weighted by molar-refractivity contribution is -0.385. The summed E-state index contributed by atoms with van der Waals surface area (Å²) in [4.78, 5) is 32.9. The van der Waals surface area contributed by atoms with E-state index in [1.165, 1.54) is 24.3 Å². The molecular formula is C21H24N2O7. The Bertz CT molecular complexity index is 844. The topological polar surface area (TPSA) is 122 Å². The molecule has 2 aromatic rings. The minimum Gasteiger partial charge on any atom is -0.428 e. The van der Waals surface area contributed by atoms with Crippen molar-refractivity contribution in [2.24, 2.45) is 0 Å². The molecule has 0 atom stereocenters. The van der Waals surface area contributed by atoms with E-state index in [0.717, 1.165) is 11.1 Å². The van der Waals surface area contributed by atoms with Crippen LogP contribution in [0.3, 0.4) is 0 Å². The van der Waals surface area contributed by atoms with Gasteiger partial charge in [-0.1, -0.05) is 24.3 Å². The Labute approximate surface area is 173 Å². The zero-order valence-electron chi connectivity index (χ0n) is 17.3. The molecule has 2 rings (SSSR count). The SMILES string of the molecule is CC(C)(Cc1ccc([N+](=O)[O-])cc1)OC(=O)OC(C)(C)Cc1ccc([N+](=O)[O-])cc1. The molecular weight excluding hydrogens is 392 g/mol. The molecule has 2 aromatic carbocycles. The van der Waals surface area contributed by atoms with Crippen LogP contribution in [0.4, 0.5) is 16.2 Å². The fourth-order valence-electron chi connectivity index (χ4n) is 3.00. The van der Waals surface area contributed by atoms with E-state index in [4.69, 9.17) is 9.47 Å². The minimum absolute atomic E-state index is 0.00937. The second-order valence-electron chi connectivity index (χ2n) is 8.17. The van der Waals surface area contributed by atoms with E-state index in [1.807, 2.05) is 0 Å². The van der Waals surface area contributed by atoms with Gasteiger partial charge in [-0.2, -0.15) is 0 Å². The standard InChI is InChI=1S/C21H24N2O7/c1-20(2,13-15-5-9-17(10-6-15)22(25)26)29-19(24)30-21(3,4)14-16-7-11-18(12-8-16)23(27)28/h5-12H,13-14H2,1-4H3. The van der Waals surface area contributed by atoms with Gasteiger partial charge in [0, 0.05) is 37.1 Å². The normalized spacial score (nSPS) is 11.6. The Hall–Kier alpha value is -3.49. The maximum absolute atomic E-state index is 12.3. The van der Waals surface area contributed by atoms with E-state index in [1.54, 1.807) is 52.0 Å². The first-order chi connectivity index (χ1) is 13.9. The van der Waals surface area contributed by atoms with Crippen molar-refractivity contribution in [3.8, 4) is 0 Å². The summed E-state index contributed by atoms with van der Waals surface area (Å²) in [5, 5.41) is 21.5. The van der Waals surface area contributed by atoms with Gasteiger partial charge in [0.15, 0.2) is 0 Å². The second-order valence-corrected chi connectivity index (χ2v) is 8.17. The lowest BCUT2D eigenvalue weighted by Gasteiger charge is -2.29. The molecule has 30 heavy (non-hydrogen) atoms. The van der Waals surface area contributed by atoms with Crippen LogP contribution < -0.4 is 0 Å². The van der Waals surface area contributed by atoms with E-state index >= 15 is 0 Å². The number of hydrogen-bond acceptors (Lipinski definition) is 7. The Morgan fingerprint density at radius 2 is 1.03 bits per heavy atom. The van der Waals surface area contributed by atoms with Crippen LogP contribution in [0.15, 0.2) is 48.5 Å². The molecule has 160 valence electrons. The summed E-state index contributed by atoms with van der Waals surface area (Å²) in [6.07, 6.45) is -0.139. The predicted octanol–water partition coefficient (Wildman–Crippen LogP) is 5.00. The van der Waals surface area contributed by atoms with Gasteiger partial charge in [-0.3, -0.25) is 20.2 Å². The summed E-state index contributed by atoms with van der Waals surface area (Å²) in [5.41, 5.74) is -0.241. The Balaban J connectivity index is 1.94. The van der Waals surface area contributed by atoms with Crippen molar-refractivity contribution in [1.29, 1.82) is 0 Å². The number of carbonyl (C=O) groups excluding carboxylic acids is 1. The van der Waals surface area contributed by atoms with E-state index in [-0.39, 0.29) is 11.4 Å². The molecule has 0 amide bonds. The van der Waals surface area contributed by atoms with Gasteiger partial charge in [0.1, 0.15) is 11.2 Å². The molecule has 0 fully saturated rings. The Morgan fingerprint density at radius 3 is 1.30 bits per heavy atom. The van der Waals surface area contributed by atoms with Gasteiger partial charge in [0.05, 0.1) is 9.85 Å². The molecule has 0 unspecified atom stereocenters. The van der Waals surface area contributed by atoms with Gasteiger partial charge < -0.3 is 9.47 Å². The van der Waals surface area contributed by atoms with Crippen molar-refractivity contribution in [3.63, 3.8) is 0 Å². The first-order valence-corrected chi connectivity index (χ1v) is 9.26. The summed E-state index contributed by atoms with van der Waals surface area (Å²) in [6, 6.07) is 12.1. The molecule has 0 bridgehead atoms. The number of nitrogens with zero attached hydrogens (tertiary/aromatic N) is 2. The van der Waals surface area contributed by atoms with E-state index < -0.39 is 27.2 Å². The average Bonchev–Trinajstić information content (AvgIpc) is 2.60. The highest BCUT2D eigenvalue weighted by Crippen LogP contribution is 2.24. The quantitative estimate of drug-likeness (QED) is 0.337. The Kier molecular flexibility index (Phi) is 6.76. The number of benzene rings is 2. The molecule has 0 heterocycles. The summed E-state index contributed by atoms with van der Waals surface area (Å²) in [5.74, 6) is 0. The minimum atomic E-state index is -0.892. The van der Waals surface area contributed by atoms with Crippen molar-refractivity contribution in [3.05, 3.63) is 79.9 Å². The van der Waals surface area contributed by atoms with Gasteiger partial charge in [-0.05, 0) is 38.8 Å². The zero-order chi connectivity index (χ0) is 22.5. The lowest BCUT2D eigenvalue weighted by Crippen LogP contribution is -2.36. The maximum Gasteiger partial charge on any atom is 0.509 e. The summed E-state index contributed by atoms with van der Waals surface area (Å²) >= 11 is 0. The number of carbonyl (C=O) groups is 1. The molecule has 0 aromatic heterocycles. The van der Waals surface area contributed by atoms with E-state index in [0.29, 0.717) is 12.8 Å². The maximum atomic E-state index is 12.3. The highest BCUT2D eigenvalue weighted by molar-refractivity contribution is 5.61. The monoisotopic (exact) mass is 416 g/mol. The summed E-state index contributed by atoms with van der Waals surface area (Å²) < 4.78 is 10.9. The molecule has 0 saturated carbocycles. The fraction of sp³-hybridized carbons (Fsp3) is 0.381. The van der Waals surface area contributed by atoms with Gasteiger partial charge in [0.2, 0.25) is 0 Å². The van der Waals surface area contributed by atoms with E-state index in [9.17, 15) is 25.0 Å². The van der Waals surface area contributed by atoms with Crippen molar-refractivity contribution >= 4 is 17.5 Å². The van der Waals surface area contributed by atoms with Gasteiger partial charge >= 0.3 is 6.16 Å². The van der Waals surface area contributed by atoms with Crippen LogP contribution >= 0.6 is 0 Å². The fourth-order valence-corrected chi connectivity index (χ4v) is 3.00. The molecule has 0 aliphatic carbocycles. The van der Waals surface area contributed by atoms with Gasteiger partial charge in [0.25, 0.3) is 11.4 Å². The van der Waals surface area contributed by atoms with Crippen molar-refractivity contribution in [2.45, 2.75) is 51.7 Å². The third-order valence-electron chi connectivity index (χ3n) is 4.27. The first kappa shape index (κ1) is 22.8. The smallest absolute Gasteiger partial charge is 0.428 e. The number of nitro benzene ring substituents is 2. The van der Waals surface area contributed by atoms with Crippen molar-refractivity contribution in [2.75, 3.05) is 0 Å². The first-order valence-electron chi connectivity index (χ1n) is 9.26. The van der Waals surface area contributed by atoms with Gasteiger partial charge in [-0.25, -0.2) is 4.79 Å². The molecule has 0 saturated heterocycles. The highest BCUT2D eigenvalue weighted by atomic mass is 16.7. The molecule has 0 spiro atoms. The molecule has 0 radical (unpaired) electrons. The largest absolute Gasteiger partial charge is 0.509 e. The number of hydrogen-bond donors (Lipinski definition) is 0. The van der Waals surface area contributed by atoms with Crippen molar-refractivity contribution in [1.82, 2.24) is 0 Å². The second kappa shape index (κ2) is 8.89. The van der Waals surface area contributed by atoms with Crippen LogP contribution in [0, 0.1) is 20.2 Å². The third kappa shape index (κ3) is 6.84. The third-order valence-corrected chi connectivity index (χ3v) is 4.27. The highest BCUT2D eigenvalue weighted by Gasteiger charge is 2.30.